The molecule has 0 aliphatic carbocycles. The first-order chi connectivity index (χ1) is 9.25. The quantitative estimate of drug-likeness (QED) is 0.765. The lowest BCUT2D eigenvalue weighted by atomic mass is 10.1. The smallest absolute Gasteiger partial charge is 0.151 e. The summed E-state index contributed by atoms with van der Waals surface area (Å²) < 4.78 is 1.06. The van der Waals surface area contributed by atoms with Gasteiger partial charge in [-0.05, 0) is 30.0 Å². The van der Waals surface area contributed by atoms with Gasteiger partial charge in [-0.3, -0.25) is 0 Å². The Morgan fingerprint density at radius 3 is 2.89 bits per heavy atom. The average molecular weight is 270 g/mol. The summed E-state index contributed by atoms with van der Waals surface area (Å²) >= 11 is 1.63. The van der Waals surface area contributed by atoms with Gasteiger partial charge in [0.25, 0.3) is 0 Å². The summed E-state index contributed by atoms with van der Waals surface area (Å²) in [6.45, 7) is 1.97. The number of para-hydroxylation sites is 1. The highest BCUT2D eigenvalue weighted by Crippen LogP contribution is 2.29. The lowest BCUT2D eigenvalue weighted by Crippen LogP contribution is -2.08. The van der Waals surface area contributed by atoms with Gasteiger partial charge in [-0.25, -0.2) is 9.97 Å². The number of nitrogens with zero attached hydrogens (tertiary/aromatic N) is 2. The van der Waals surface area contributed by atoms with E-state index >= 15 is 0 Å². The van der Waals surface area contributed by atoms with Gasteiger partial charge >= 0.3 is 0 Å². The summed E-state index contributed by atoms with van der Waals surface area (Å²) in [7, 11) is 0. The van der Waals surface area contributed by atoms with Gasteiger partial charge in [-0.15, -0.1) is 11.3 Å². The highest BCUT2D eigenvalue weighted by Gasteiger charge is 2.09. The molecule has 1 aromatic carbocycles. The minimum Gasteiger partial charge on any atom is -0.339 e. The van der Waals surface area contributed by atoms with Crippen molar-refractivity contribution in [2.24, 2.45) is 5.73 Å². The maximum Gasteiger partial charge on any atom is 0.151 e. The summed E-state index contributed by atoms with van der Waals surface area (Å²) in [4.78, 5) is 8.56. The number of rotatable bonds is 3. The van der Waals surface area contributed by atoms with E-state index in [0.29, 0.717) is 0 Å². The molecule has 0 aliphatic rings. The molecular formula is C14H14N4S. The van der Waals surface area contributed by atoms with Crippen molar-refractivity contribution in [3.63, 3.8) is 0 Å². The minimum atomic E-state index is -0.0237. The third-order valence-electron chi connectivity index (χ3n) is 2.95. The second kappa shape index (κ2) is 4.95. The third-order valence-corrected chi connectivity index (χ3v) is 3.86. The molecule has 4 nitrogen and oxygen atoms in total. The first kappa shape index (κ1) is 12.1. The lowest BCUT2D eigenvalue weighted by Gasteiger charge is -2.14. The highest BCUT2D eigenvalue weighted by molar-refractivity contribution is 7.17. The number of hydrogen-bond acceptors (Lipinski definition) is 5. The Balaban J connectivity index is 2.04. The van der Waals surface area contributed by atoms with Crippen LogP contribution in [0.2, 0.25) is 0 Å². The van der Waals surface area contributed by atoms with E-state index in [4.69, 9.17) is 5.73 Å². The zero-order chi connectivity index (χ0) is 13.2. The van der Waals surface area contributed by atoms with Crippen LogP contribution >= 0.6 is 11.3 Å². The van der Waals surface area contributed by atoms with Gasteiger partial charge in [0.05, 0.1) is 10.2 Å². The molecule has 0 saturated carbocycles. The zero-order valence-electron chi connectivity index (χ0n) is 10.5. The van der Waals surface area contributed by atoms with Crippen LogP contribution in [0.5, 0.6) is 0 Å². The molecule has 0 radical (unpaired) electrons. The van der Waals surface area contributed by atoms with Crippen LogP contribution in [0.3, 0.4) is 0 Å². The number of nitrogens with two attached hydrogens (primary N) is 1. The maximum atomic E-state index is 5.99. The number of aromatic nitrogens is 2. The van der Waals surface area contributed by atoms with Crippen molar-refractivity contribution in [1.82, 2.24) is 9.97 Å². The van der Waals surface area contributed by atoms with Crippen LogP contribution in [0.15, 0.2) is 42.0 Å². The number of nitrogens with one attached hydrogen (secondary N) is 1. The molecule has 19 heavy (non-hydrogen) atoms. The van der Waals surface area contributed by atoms with Gasteiger partial charge in [0.15, 0.2) is 5.82 Å². The molecule has 3 rings (SSSR count). The Kier molecular flexibility index (Phi) is 3.15. The van der Waals surface area contributed by atoms with E-state index < -0.39 is 0 Å². The number of fused-ring (bicyclic) bond motifs is 1. The Morgan fingerprint density at radius 1 is 1.21 bits per heavy atom. The summed E-state index contributed by atoms with van der Waals surface area (Å²) in [5.41, 5.74) is 9.02. The first-order valence-electron chi connectivity index (χ1n) is 6.05. The molecule has 0 amide bonds. The zero-order valence-corrected chi connectivity index (χ0v) is 11.3. The van der Waals surface area contributed by atoms with Gasteiger partial charge < -0.3 is 11.1 Å². The van der Waals surface area contributed by atoms with Crippen molar-refractivity contribution < 1.29 is 0 Å². The van der Waals surface area contributed by atoms with Crippen LogP contribution < -0.4 is 11.1 Å². The van der Waals surface area contributed by atoms with Crippen LogP contribution in [0.4, 0.5) is 11.5 Å². The second-order valence-corrected chi connectivity index (χ2v) is 5.27. The maximum absolute atomic E-state index is 5.99. The number of benzene rings is 1. The number of anilines is 2. The average Bonchev–Trinajstić information content (AvgIpc) is 2.88. The lowest BCUT2D eigenvalue weighted by molar-refractivity contribution is 0.820. The molecule has 5 heteroatoms. The molecule has 2 aromatic heterocycles. The van der Waals surface area contributed by atoms with Crippen molar-refractivity contribution in [1.29, 1.82) is 0 Å². The molecule has 1 unspecified atom stereocenters. The SMILES string of the molecule is CC(N)c1ccccc1Nc1ncnc2ccsc12. The van der Waals surface area contributed by atoms with Gasteiger partial charge in [-0.2, -0.15) is 0 Å². The van der Waals surface area contributed by atoms with Crippen LogP contribution in [0, 0.1) is 0 Å². The van der Waals surface area contributed by atoms with Crippen LogP contribution in [0.25, 0.3) is 10.2 Å². The number of hydrogen-bond donors (Lipinski definition) is 2. The van der Waals surface area contributed by atoms with Crippen molar-refractivity contribution in [2.75, 3.05) is 5.32 Å². The first-order valence-corrected chi connectivity index (χ1v) is 6.93. The number of thiophene rings is 1. The van der Waals surface area contributed by atoms with Crippen LogP contribution in [-0.2, 0) is 0 Å². The molecule has 0 bridgehead atoms. The third kappa shape index (κ3) is 2.30. The Labute approximate surface area is 115 Å². The van der Waals surface area contributed by atoms with Gasteiger partial charge in [0.1, 0.15) is 6.33 Å². The van der Waals surface area contributed by atoms with E-state index in [0.717, 1.165) is 27.3 Å². The van der Waals surface area contributed by atoms with Crippen LogP contribution in [-0.4, -0.2) is 9.97 Å². The molecule has 0 aliphatic heterocycles. The summed E-state index contributed by atoms with van der Waals surface area (Å²) in [5.74, 6) is 0.827. The van der Waals surface area contributed by atoms with Gasteiger partial charge in [0.2, 0.25) is 0 Å². The minimum absolute atomic E-state index is 0.0237. The van der Waals surface area contributed by atoms with E-state index in [1.807, 2.05) is 42.6 Å². The van der Waals surface area contributed by atoms with E-state index in [2.05, 4.69) is 15.3 Å². The molecule has 0 saturated heterocycles. The van der Waals surface area contributed by atoms with Crippen molar-refractivity contribution in [3.05, 3.63) is 47.6 Å². The largest absolute Gasteiger partial charge is 0.339 e. The van der Waals surface area contributed by atoms with E-state index in [1.54, 1.807) is 17.7 Å². The molecule has 96 valence electrons. The van der Waals surface area contributed by atoms with Crippen molar-refractivity contribution in [3.8, 4) is 0 Å². The van der Waals surface area contributed by atoms with E-state index in [-0.39, 0.29) is 6.04 Å². The van der Waals surface area contributed by atoms with E-state index in [1.165, 1.54) is 0 Å². The molecule has 3 aromatic rings. The van der Waals surface area contributed by atoms with Crippen molar-refractivity contribution >= 4 is 33.1 Å². The Morgan fingerprint density at radius 2 is 2.05 bits per heavy atom. The molecule has 1 atom stereocenters. The standard InChI is InChI=1S/C14H14N4S/c1-9(15)10-4-2-3-5-11(10)18-14-13-12(6-7-19-13)16-8-17-14/h2-9H,15H2,1H3,(H,16,17,18). The molecular weight excluding hydrogens is 256 g/mol. The summed E-state index contributed by atoms with van der Waals surface area (Å²) in [6.07, 6.45) is 1.58. The molecule has 2 heterocycles. The second-order valence-electron chi connectivity index (χ2n) is 4.36. The summed E-state index contributed by atoms with van der Waals surface area (Å²) in [6, 6.07) is 9.99. The molecule has 0 fully saturated rings. The fourth-order valence-corrected chi connectivity index (χ4v) is 2.80. The normalized spacial score (nSPS) is 12.5. The Hall–Kier alpha value is -1.98. The fourth-order valence-electron chi connectivity index (χ4n) is 2.01. The van der Waals surface area contributed by atoms with Crippen LogP contribution in [0.1, 0.15) is 18.5 Å². The predicted molar refractivity (Wildman–Crippen MR) is 79.7 cm³/mol. The van der Waals surface area contributed by atoms with Gasteiger partial charge in [-0.1, -0.05) is 18.2 Å². The predicted octanol–water partition coefficient (Wildman–Crippen LogP) is 3.45. The Bertz CT molecular complexity index is 705. The highest BCUT2D eigenvalue weighted by atomic mass is 32.1. The van der Waals surface area contributed by atoms with Crippen molar-refractivity contribution in [2.45, 2.75) is 13.0 Å². The summed E-state index contributed by atoms with van der Waals surface area (Å²) in [5, 5.41) is 5.38. The van der Waals surface area contributed by atoms with E-state index in [9.17, 15) is 0 Å². The van der Waals surface area contributed by atoms with Gasteiger partial charge in [0, 0.05) is 11.7 Å². The topological polar surface area (TPSA) is 63.8 Å². The monoisotopic (exact) mass is 270 g/mol. The molecule has 0 spiro atoms. The molecule has 3 N–H and O–H groups in total. The fraction of sp³-hybridized carbons (Fsp3) is 0.143.